The molecule has 5 fully saturated rings. The van der Waals surface area contributed by atoms with Gasteiger partial charge in [-0.05, 0) is 316 Å². The zero-order valence-electron chi connectivity index (χ0n) is 82.2. The highest BCUT2D eigenvalue weighted by molar-refractivity contribution is 14.1. The van der Waals surface area contributed by atoms with Crippen LogP contribution in [0, 0.1) is 62.4 Å². The minimum absolute atomic E-state index is 0.134. The van der Waals surface area contributed by atoms with Gasteiger partial charge in [0.1, 0.15) is 51.8 Å². The fourth-order valence-electron chi connectivity index (χ4n) is 14.3. The van der Waals surface area contributed by atoms with Crippen LogP contribution in [0.3, 0.4) is 0 Å². The number of halogens is 12. The van der Waals surface area contributed by atoms with E-state index in [4.69, 9.17) is 72.0 Å². The van der Waals surface area contributed by atoms with E-state index in [0.717, 1.165) is 141 Å². The lowest BCUT2D eigenvalue weighted by atomic mass is 9.76. The predicted octanol–water partition coefficient (Wildman–Crippen LogP) is 19.2. The number of alkyl halides is 9. The van der Waals surface area contributed by atoms with E-state index >= 15 is 0 Å². The SMILES string of the molecule is C#C[C@@H](C)O.Cc1cc(C(=O)O)ccn1.Cc1ccc(N)cc1B1OC(C)(C)C(C)(C)O1.Cc1ccc(NC(=O)c2ccnc(C(F)(F)F)c2)cc1-c1cc(C#C[C@@H](C)O)nc(N2CCOCC2)c1.Cc1ccc(NC(=O)c2ccnc(C(F)(F)F)c2)cc1-c1cc(Cl)nc(N2CCOCC2)c1.Cc1ccc(NC(=O)c2ccnc(C(F)(F)F)c2)cc1B1OC(C)(C)C(C)(C)O1.Clc1cc(I)cc(N2CCOCC2)c1. The number of pyridine rings is 6. The lowest BCUT2D eigenvalue weighted by molar-refractivity contribution is -0.142. The number of nitrogen functional groups attached to an aromatic ring is 1. The molecule has 145 heavy (non-hydrogen) atoms. The molecular formula is C104H111B2Cl2F9IN13O14. The number of aliphatic hydroxyl groups excluding tert-OH is 2. The lowest BCUT2D eigenvalue weighted by Gasteiger charge is -2.32. The number of nitrogens with two attached hydrogens (primary N) is 1. The summed E-state index contributed by atoms with van der Waals surface area (Å²) in [5, 5.41) is 35.3. The van der Waals surface area contributed by atoms with E-state index in [1.54, 1.807) is 75.4 Å². The first kappa shape index (κ1) is 115. The number of rotatable bonds is 14. The Labute approximate surface area is 860 Å². The maximum Gasteiger partial charge on any atom is 0.495 e. The molecule has 0 radical (unpaired) electrons. The van der Waals surface area contributed by atoms with E-state index < -0.39 is 89.8 Å². The Hall–Kier alpha value is -12.4. The number of terminal acetylenes is 1. The molecule has 41 heteroatoms. The number of carboxylic acids is 1. The first-order chi connectivity index (χ1) is 68.0. The monoisotopic (exact) mass is 2160 g/mol. The molecule has 0 unspecified atom stereocenters. The van der Waals surface area contributed by atoms with Gasteiger partial charge in [0.25, 0.3) is 17.7 Å². The Kier molecular flexibility index (Phi) is 39.6. The Morgan fingerprint density at radius 2 is 0.828 bits per heavy atom. The molecular weight excluding hydrogens is 2050 g/mol. The van der Waals surface area contributed by atoms with Crippen LogP contribution in [0.4, 0.5) is 79.6 Å². The molecule has 0 aliphatic carbocycles. The third kappa shape index (κ3) is 33.1. The van der Waals surface area contributed by atoms with Gasteiger partial charge in [0, 0.05) is 123 Å². The number of nitrogens with zero attached hydrogens (tertiary/aromatic N) is 9. The van der Waals surface area contributed by atoms with Crippen molar-refractivity contribution in [1.29, 1.82) is 0 Å². The van der Waals surface area contributed by atoms with Gasteiger partial charge in [-0.1, -0.05) is 70.4 Å². The number of carbonyl (C=O) groups excluding carboxylic acids is 3. The van der Waals surface area contributed by atoms with Crippen molar-refractivity contribution in [3.05, 3.63) is 275 Å². The molecule has 0 spiro atoms. The van der Waals surface area contributed by atoms with Crippen LogP contribution in [-0.2, 0) is 51.4 Å². The van der Waals surface area contributed by atoms with E-state index in [2.05, 4.69) is 141 Å². The van der Waals surface area contributed by atoms with Gasteiger partial charge < -0.3 is 84.5 Å². The highest BCUT2D eigenvalue weighted by atomic mass is 127. The number of ether oxygens (including phenoxy) is 3. The Bertz CT molecular complexity index is 6460. The molecule has 0 bridgehead atoms. The van der Waals surface area contributed by atoms with Crippen LogP contribution in [0.25, 0.3) is 22.3 Å². The maximum absolute atomic E-state index is 13.0. The quantitative estimate of drug-likeness (QED) is 0.0133. The van der Waals surface area contributed by atoms with Gasteiger partial charge >= 0.3 is 38.7 Å². The van der Waals surface area contributed by atoms with Crippen LogP contribution in [-0.4, -0.2) is 197 Å². The number of anilines is 7. The van der Waals surface area contributed by atoms with Crippen molar-refractivity contribution in [2.45, 2.75) is 157 Å². The standard InChI is InChI=1S/C27H25F3N4O3.C23H20ClF3N4O2.C20H22BF3N2O3.C13H20BNO2.C10H11ClINO.C7H7NO2.C4H6O/c1-17-3-5-22(33-26(36)19-7-8-31-24(14-19)27(28,29)30)16-23(17)20-13-21(6-4-18(2)35)32-25(15-20)34-9-11-37-12-10-34;1-14-2-3-17(29-22(32)15-4-5-28-19(10-15)23(25,26)27)13-18(14)16-11-20(24)30-21(12-16)31-6-8-33-9-7-31;1-12-6-7-14(11-15(12)21-28-18(2,3)19(4,5)29-21)26-17(27)13-8-9-25-16(10-13)20(22,23)24;1-9-6-7-10(15)8-11(9)14-16-12(2,3)13(4,5)17-14;11-8-5-9(12)7-10(6-8)13-1-3-14-4-2-13;1-5-4-6(7(9)10)2-3-8-5;1-3-4(2)5/h3,5,7-8,13-16,18,35H,9-12H2,1-2H3,(H,33,36);2-5,10-13H,6-9H2,1H3,(H,29,32);6-11H,1-5H3,(H,26,27);6-8H,15H2,1-5H3;5-7H,1-4H2;2-4H,1H3,(H,9,10);1,4-5H,2H3/t18-;;;;;;4-/m1.....1/s1. The molecule has 0 saturated carbocycles. The molecule has 3 amide bonds. The van der Waals surface area contributed by atoms with E-state index in [-0.39, 0.29) is 40.6 Å². The summed E-state index contributed by atoms with van der Waals surface area (Å²) in [6.45, 7) is 37.2. The molecule has 5 saturated heterocycles. The topological polar surface area (TPSA) is 343 Å². The number of aromatic nitrogens is 6. The van der Waals surface area contributed by atoms with Crippen LogP contribution in [0.1, 0.15) is 161 Å². The highest BCUT2D eigenvalue weighted by Gasteiger charge is 2.54. The first-order valence-corrected chi connectivity index (χ1v) is 47.5. The normalized spacial score (nSPS) is 15.8. The van der Waals surface area contributed by atoms with Gasteiger partial charge in [-0.25, -0.2) is 14.8 Å². The van der Waals surface area contributed by atoms with Gasteiger partial charge in [-0.3, -0.25) is 34.3 Å². The zero-order valence-corrected chi connectivity index (χ0v) is 85.9. The number of nitrogens with one attached hydrogen (secondary N) is 3. The average Bonchev–Trinajstić information content (AvgIpc) is 1.56. The number of aromatic carboxylic acids is 1. The summed E-state index contributed by atoms with van der Waals surface area (Å²) in [6, 6.07) is 43.9. The van der Waals surface area contributed by atoms with Crippen molar-refractivity contribution in [2.75, 3.05) is 115 Å². The first-order valence-electron chi connectivity index (χ1n) is 45.6. The Morgan fingerprint density at radius 3 is 1.21 bits per heavy atom. The molecule has 27 nitrogen and oxygen atoms in total. The number of aliphatic hydroxyl groups is 2. The van der Waals surface area contributed by atoms with Gasteiger partial charge in [0.15, 0.2) is 0 Å². The Morgan fingerprint density at radius 1 is 0.462 bits per heavy atom. The summed E-state index contributed by atoms with van der Waals surface area (Å²) >= 11 is 14.6. The van der Waals surface area contributed by atoms with Gasteiger partial charge in [0.05, 0.1) is 67.6 Å². The van der Waals surface area contributed by atoms with Crippen LogP contribution in [0.2, 0.25) is 10.2 Å². The summed E-state index contributed by atoms with van der Waals surface area (Å²) in [6.07, 6.45) is -6.27. The number of aryl methyl sites for hydroxylation is 5. The Balaban J connectivity index is 0.000000184. The zero-order chi connectivity index (χ0) is 106. The van der Waals surface area contributed by atoms with Crippen molar-refractivity contribution in [3.8, 4) is 46.4 Å². The minimum atomic E-state index is -4.65. The van der Waals surface area contributed by atoms with Crippen molar-refractivity contribution < 1.29 is 107 Å². The number of hydrogen-bond acceptors (Lipinski definition) is 23. The molecule has 8 N–H and O–H groups in total. The van der Waals surface area contributed by atoms with Gasteiger partial charge in [-0.15, -0.1) is 6.42 Å². The maximum atomic E-state index is 13.0. The summed E-state index contributed by atoms with van der Waals surface area (Å²) in [4.78, 5) is 77.3. The highest BCUT2D eigenvalue weighted by Crippen LogP contribution is 2.41. The van der Waals surface area contributed by atoms with Crippen LogP contribution < -0.4 is 47.3 Å². The molecule has 11 aromatic rings. The molecule has 5 aromatic carbocycles. The summed E-state index contributed by atoms with van der Waals surface area (Å²) < 4.78 is 158. The lowest BCUT2D eigenvalue weighted by Crippen LogP contribution is -2.41. The second-order valence-electron chi connectivity index (χ2n) is 35.9. The van der Waals surface area contributed by atoms with Crippen LogP contribution >= 0.6 is 45.8 Å². The number of carbonyl (C=O) groups is 4. The third-order valence-corrected chi connectivity index (χ3v) is 24.7. The van der Waals surface area contributed by atoms with Crippen molar-refractivity contribution in [2.24, 2.45) is 0 Å². The molecule has 16 rings (SSSR count). The van der Waals surface area contributed by atoms with Crippen molar-refractivity contribution in [3.63, 3.8) is 0 Å². The number of carboxylic acid groups (broad SMARTS) is 1. The molecule has 5 aliphatic heterocycles. The summed E-state index contributed by atoms with van der Waals surface area (Å²) in [5.74, 6) is 6.21. The fraction of sp³-hybridized carbons (Fsp3) is 0.346. The second-order valence-corrected chi connectivity index (χ2v) is 38.0. The van der Waals surface area contributed by atoms with E-state index in [1.807, 2.05) is 110 Å². The van der Waals surface area contributed by atoms with Gasteiger partial charge in [0.2, 0.25) is 0 Å². The molecule has 11 heterocycles. The number of morpholine rings is 3. The second kappa shape index (κ2) is 50.2. The smallest absolute Gasteiger partial charge is 0.478 e. The fourth-order valence-corrected chi connectivity index (χ4v) is 15.6. The summed E-state index contributed by atoms with van der Waals surface area (Å²) in [5.41, 5.74) is 13.9. The van der Waals surface area contributed by atoms with E-state index in [0.29, 0.717) is 86.3 Å². The van der Waals surface area contributed by atoms with E-state index in [9.17, 15) is 63.8 Å². The van der Waals surface area contributed by atoms with Gasteiger partial charge in [-0.2, -0.15) is 39.5 Å². The molecule has 2 atom stereocenters. The van der Waals surface area contributed by atoms with Crippen molar-refractivity contribution in [1.82, 2.24) is 29.9 Å². The van der Waals surface area contributed by atoms with Crippen LogP contribution in [0.15, 0.2) is 189 Å². The third-order valence-electron chi connectivity index (χ3n) is 23.7. The average molecular weight is 2160 g/mol. The predicted molar refractivity (Wildman–Crippen MR) is 552 cm³/mol. The largest absolute Gasteiger partial charge is 0.495 e. The molecule has 6 aromatic heterocycles. The number of benzene rings is 5. The minimum Gasteiger partial charge on any atom is -0.478 e. The van der Waals surface area contributed by atoms with Crippen LogP contribution in [0.5, 0.6) is 0 Å². The molecule has 766 valence electrons. The van der Waals surface area contributed by atoms with E-state index in [1.165, 1.54) is 45.8 Å². The number of hydrogen-bond donors (Lipinski definition) is 7. The summed E-state index contributed by atoms with van der Waals surface area (Å²) in [7, 11) is -0.946. The number of amides is 3. The van der Waals surface area contributed by atoms with Crippen molar-refractivity contribution >= 4 is 135 Å². The molecule has 5 aliphatic rings.